The van der Waals surface area contributed by atoms with Crippen LogP contribution >= 0.6 is 0 Å². The van der Waals surface area contributed by atoms with Gasteiger partial charge in [0.2, 0.25) is 0 Å². The van der Waals surface area contributed by atoms with Crippen LogP contribution in [0, 0.1) is 13.8 Å². The number of H-pyrrole nitrogens is 1. The lowest BCUT2D eigenvalue weighted by Gasteiger charge is -2.09. The Kier molecular flexibility index (Phi) is 5.03. The number of nitrogens with one attached hydrogen (secondary N) is 1. The normalized spacial score (nSPS) is 11.6. The van der Waals surface area contributed by atoms with E-state index in [4.69, 9.17) is 4.74 Å². The molecule has 0 saturated heterocycles. The molecule has 1 aromatic carbocycles. The first kappa shape index (κ1) is 18.7. The summed E-state index contributed by atoms with van der Waals surface area (Å²) in [5.41, 5.74) is 3.29. The number of hydrogen-bond donors (Lipinski definition) is 1. The molecule has 0 aliphatic heterocycles. The topological polar surface area (TPSA) is 81.9 Å². The second-order valence-corrected chi connectivity index (χ2v) is 6.34. The number of nitrogens with zero attached hydrogens (tertiary/aromatic N) is 3. The molecule has 7 heteroatoms. The number of rotatable bonds is 5. The van der Waals surface area contributed by atoms with E-state index < -0.39 is 0 Å². The molecule has 0 amide bonds. The zero-order chi connectivity index (χ0) is 19.7. The van der Waals surface area contributed by atoms with Gasteiger partial charge in [0.25, 0.3) is 5.56 Å². The molecule has 3 rings (SSSR count). The molecule has 7 nitrogen and oxygen atoms in total. The summed E-state index contributed by atoms with van der Waals surface area (Å²) >= 11 is 0. The van der Waals surface area contributed by atoms with Gasteiger partial charge in [0.05, 0.1) is 7.11 Å². The summed E-state index contributed by atoms with van der Waals surface area (Å²) in [7, 11) is 1.65. The lowest BCUT2D eigenvalue weighted by atomic mass is 10.0. The van der Waals surface area contributed by atoms with Crippen molar-refractivity contribution in [3.8, 4) is 5.75 Å². The van der Waals surface area contributed by atoms with Crippen LogP contribution in [0.5, 0.6) is 5.75 Å². The molecule has 2 aromatic heterocycles. The number of methoxy groups -OCH3 is 1. The number of benzene rings is 1. The van der Waals surface area contributed by atoms with E-state index in [0.717, 1.165) is 22.4 Å². The van der Waals surface area contributed by atoms with E-state index in [2.05, 4.69) is 9.97 Å². The van der Waals surface area contributed by atoms with E-state index in [1.54, 1.807) is 14.0 Å². The van der Waals surface area contributed by atoms with E-state index in [9.17, 15) is 9.59 Å². The number of fused-ring (bicyclic) bond motifs is 1. The van der Waals surface area contributed by atoms with Crippen LogP contribution in [-0.2, 0) is 13.1 Å². The maximum absolute atomic E-state index is 12.5. The van der Waals surface area contributed by atoms with Crippen molar-refractivity contribution in [2.45, 2.75) is 40.8 Å². The van der Waals surface area contributed by atoms with Gasteiger partial charge in [-0.05, 0) is 56.5 Å². The minimum atomic E-state index is -0.342. The highest BCUT2D eigenvalue weighted by Crippen LogP contribution is 2.25. The number of aromatic amines is 1. The molecule has 0 radical (unpaired) electrons. The molecule has 0 aliphatic carbocycles. The maximum atomic E-state index is 12.5. The molecule has 0 fully saturated rings. The quantitative estimate of drug-likeness (QED) is 0.751. The molecule has 2 heterocycles. The van der Waals surface area contributed by atoms with Crippen LogP contribution in [0.2, 0.25) is 0 Å². The van der Waals surface area contributed by atoms with Gasteiger partial charge in [-0.2, -0.15) is 0 Å². The Hall–Kier alpha value is -3.09. The molecule has 0 bridgehead atoms. The van der Waals surface area contributed by atoms with Gasteiger partial charge in [-0.15, -0.1) is 0 Å². The Balaban J connectivity index is 2.11. The Morgan fingerprint density at radius 3 is 2.41 bits per heavy atom. The monoisotopic (exact) mass is 368 g/mol. The SMILES string of the molecule is CCn1c(=O)c2[nH]c(/C=C/c3ccc(OC)c(C)c3C)nc2n(CC)c1=O. The van der Waals surface area contributed by atoms with Gasteiger partial charge in [-0.25, -0.2) is 9.78 Å². The van der Waals surface area contributed by atoms with E-state index in [-0.39, 0.29) is 11.2 Å². The van der Waals surface area contributed by atoms with Gasteiger partial charge in [-0.3, -0.25) is 13.9 Å². The van der Waals surface area contributed by atoms with E-state index in [1.165, 1.54) is 9.13 Å². The molecule has 142 valence electrons. The fraction of sp³-hybridized carbons (Fsp3) is 0.350. The molecule has 0 aliphatic rings. The van der Waals surface area contributed by atoms with Crippen LogP contribution in [-0.4, -0.2) is 26.2 Å². The number of aromatic nitrogens is 4. The third-order valence-electron chi connectivity index (χ3n) is 4.93. The van der Waals surface area contributed by atoms with Gasteiger partial charge in [0, 0.05) is 13.1 Å². The Labute approximate surface area is 156 Å². The number of hydrogen-bond acceptors (Lipinski definition) is 4. The Morgan fingerprint density at radius 1 is 1.07 bits per heavy atom. The predicted octanol–water partition coefficient (Wildman–Crippen LogP) is 2.72. The fourth-order valence-electron chi connectivity index (χ4n) is 3.21. The van der Waals surface area contributed by atoms with Crippen molar-refractivity contribution in [3.05, 3.63) is 55.5 Å². The highest BCUT2D eigenvalue weighted by molar-refractivity contribution is 5.76. The van der Waals surface area contributed by atoms with Gasteiger partial charge < -0.3 is 9.72 Å². The Bertz CT molecular complexity index is 1150. The van der Waals surface area contributed by atoms with Crippen LogP contribution in [0.4, 0.5) is 0 Å². The molecule has 3 aromatic rings. The predicted molar refractivity (Wildman–Crippen MR) is 107 cm³/mol. The van der Waals surface area contributed by atoms with E-state index in [1.807, 2.05) is 45.1 Å². The molecule has 0 saturated carbocycles. The van der Waals surface area contributed by atoms with Crippen molar-refractivity contribution in [2.24, 2.45) is 0 Å². The van der Waals surface area contributed by atoms with Crippen LogP contribution < -0.4 is 16.0 Å². The summed E-state index contributed by atoms with van der Waals surface area (Å²) in [6, 6.07) is 3.90. The molecular formula is C20H24N4O3. The summed E-state index contributed by atoms with van der Waals surface area (Å²) in [6.45, 7) is 8.45. The lowest BCUT2D eigenvalue weighted by Crippen LogP contribution is -2.39. The zero-order valence-electron chi connectivity index (χ0n) is 16.3. The fourth-order valence-corrected chi connectivity index (χ4v) is 3.21. The zero-order valence-corrected chi connectivity index (χ0v) is 16.3. The van der Waals surface area contributed by atoms with Crippen molar-refractivity contribution < 1.29 is 4.74 Å². The van der Waals surface area contributed by atoms with Crippen LogP contribution in [0.1, 0.15) is 36.4 Å². The van der Waals surface area contributed by atoms with Gasteiger partial charge >= 0.3 is 5.69 Å². The third-order valence-corrected chi connectivity index (χ3v) is 4.93. The largest absolute Gasteiger partial charge is 0.496 e. The van der Waals surface area contributed by atoms with Crippen molar-refractivity contribution in [1.82, 2.24) is 19.1 Å². The number of ether oxygens (including phenoxy) is 1. The van der Waals surface area contributed by atoms with Crippen molar-refractivity contribution in [1.29, 1.82) is 0 Å². The average molecular weight is 368 g/mol. The maximum Gasteiger partial charge on any atom is 0.332 e. The molecule has 0 spiro atoms. The summed E-state index contributed by atoms with van der Waals surface area (Å²) in [6.07, 6.45) is 3.75. The lowest BCUT2D eigenvalue weighted by molar-refractivity contribution is 0.411. The molecule has 0 unspecified atom stereocenters. The average Bonchev–Trinajstić information content (AvgIpc) is 3.08. The summed E-state index contributed by atoms with van der Waals surface area (Å²) in [5.74, 6) is 1.38. The Morgan fingerprint density at radius 2 is 1.78 bits per heavy atom. The second-order valence-electron chi connectivity index (χ2n) is 6.34. The highest BCUT2D eigenvalue weighted by atomic mass is 16.5. The third kappa shape index (κ3) is 3.09. The molecular weight excluding hydrogens is 344 g/mol. The second kappa shape index (κ2) is 7.26. The van der Waals surface area contributed by atoms with E-state index >= 15 is 0 Å². The number of aryl methyl sites for hydroxylation is 1. The van der Waals surface area contributed by atoms with Crippen LogP contribution in [0.25, 0.3) is 23.3 Å². The summed E-state index contributed by atoms with van der Waals surface area (Å²) in [4.78, 5) is 32.5. The molecule has 1 N–H and O–H groups in total. The summed E-state index contributed by atoms with van der Waals surface area (Å²) < 4.78 is 8.07. The van der Waals surface area contributed by atoms with E-state index in [0.29, 0.717) is 30.1 Å². The van der Waals surface area contributed by atoms with Crippen LogP contribution in [0.15, 0.2) is 21.7 Å². The first-order valence-electron chi connectivity index (χ1n) is 8.98. The minimum absolute atomic E-state index is 0.322. The van der Waals surface area contributed by atoms with Crippen molar-refractivity contribution in [2.75, 3.05) is 7.11 Å². The smallest absolute Gasteiger partial charge is 0.332 e. The standard InChI is InChI=1S/C20H24N4O3/c1-6-23-18-17(19(25)24(7-2)20(23)26)21-16(22-18)11-9-14-8-10-15(27-5)13(4)12(14)3/h8-11H,6-7H2,1-5H3,(H,21,22)/b11-9+. The van der Waals surface area contributed by atoms with Gasteiger partial charge in [-0.1, -0.05) is 12.1 Å². The van der Waals surface area contributed by atoms with Crippen molar-refractivity contribution >= 4 is 23.3 Å². The highest BCUT2D eigenvalue weighted by Gasteiger charge is 2.15. The van der Waals surface area contributed by atoms with Gasteiger partial charge in [0.15, 0.2) is 5.65 Å². The first-order valence-corrected chi connectivity index (χ1v) is 8.98. The number of imidazole rings is 1. The molecule has 0 atom stereocenters. The van der Waals surface area contributed by atoms with Crippen LogP contribution in [0.3, 0.4) is 0 Å². The first-order chi connectivity index (χ1) is 12.9. The molecule has 27 heavy (non-hydrogen) atoms. The minimum Gasteiger partial charge on any atom is -0.496 e. The van der Waals surface area contributed by atoms with Gasteiger partial charge in [0.1, 0.15) is 17.1 Å². The van der Waals surface area contributed by atoms with Crippen molar-refractivity contribution in [3.63, 3.8) is 0 Å². The summed E-state index contributed by atoms with van der Waals surface area (Å²) in [5, 5.41) is 0.